The monoisotopic (exact) mass is 330 g/mol. The van der Waals surface area contributed by atoms with Gasteiger partial charge in [0.1, 0.15) is 0 Å². The Bertz CT molecular complexity index is 1110. The SMILES string of the molecule is COc1cc(-c2nc3c(=O)cc[nH]c3nc2-c2ccccc2)ccn1. The van der Waals surface area contributed by atoms with Crippen LogP contribution in [-0.4, -0.2) is 27.0 Å². The van der Waals surface area contributed by atoms with Crippen molar-refractivity contribution >= 4 is 11.2 Å². The number of benzene rings is 1. The van der Waals surface area contributed by atoms with Crippen molar-refractivity contribution in [2.24, 2.45) is 0 Å². The maximum absolute atomic E-state index is 12.2. The Morgan fingerprint density at radius 1 is 0.960 bits per heavy atom. The van der Waals surface area contributed by atoms with Crippen LogP contribution in [0.15, 0.2) is 65.7 Å². The number of fused-ring (bicyclic) bond motifs is 1. The molecule has 0 amide bonds. The molecule has 0 radical (unpaired) electrons. The summed E-state index contributed by atoms with van der Waals surface area (Å²) in [7, 11) is 1.56. The Hall–Kier alpha value is -3.54. The lowest BCUT2D eigenvalue weighted by molar-refractivity contribution is 0.398. The Morgan fingerprint density at radius 2 is 1.76 bits per heavy atom. The predicted molar refractivity (Wildman–Crippen MR) is 95.4 cm³/mol. The summed E-state index contributed by atoms with van der Waals surface area (Å²) < 4.78 is 5.21. The van der Waals surface area contributed by atoms with E-state index in [1.54, 1.807) is 25.6 Å². The van der Waals surface area contributed by atoms with Gasteiger partial charge in [-0.2, -0.15) is 0 Å². The summed E-state index contributed by atoms with van der Waals surface area (Å²) in [6.07, 6.45) is 3.22. The number of H-pyrrole nitrogens is 1. The van der Waals surface area contributed by atoms with Crippen LogP contribution in [0.25, 0.3) is 33.7 Å². The molecule has 4 rings (SSSR count). The molecule has 0 fully saturated rings. The number of aromatic nitrogens is 4. The second-order valence-electron chi connectivity index (χ2n) is 5.41. The van der Waals surface area contributed by atoms with Crippen molar-refractivity contribution in [2.45, 2.75) is 0 Å². The molecule has 25 heavy (non-hydrogen) atoms. The number of nitrogens with zero attached hydrogens (tertiary/aromatic N) is 3. The van der Waals surface area contributed by atoms with E-state index in [-0.39, 0.29) is 5.43 Å². The molecule has 0 saturated heterocycles. The highest BCUT2D eigenvalue weighted by molar-refractivity contribution is 5.84. The van der Waals surface area contributed by atoms with Crippen LogP contribution in [0, 0.1) is 0 Å². The summed E-state index contributed by atoms with van der Waals surface area (Å²) in [4.78, 5) is 28.6. The summed E-state index contributed by atoms with van der Waals surface area (Å²) >= 11 is 0. The van der Waals surface area contributed by atoms with E-state index in [0.29, 0.717) is 28.4 Å². The molecule has 3 heterocycles. The van der Waals surface area contributed by atoms with Gasteiger partial charge in [0.2, 0.25) is 11.3 Å². The number of aromatic amines is 1. The summed E-state index contributed by atoms with van der Waals surface area (Å²) in [6.45, 7) is 0. The first-order valence-electron chi connectivity index (χ1n) is 7.71. The highest BCUT2D eigenvalue weighted by Crippen LogP contribution is 2.30. The molecule has 1 aromatic carbocycles. The van der Waals surface area contributed by atoms with Crippen LogP contribution in [0.1, 0.15) is 0 Å². The van der Waals surface area contributed by atoms with Crippen molar-refractivity contribution in [1.82, 2.24) is 19.9 Å². The largest absolute Gasteiger partial charge is 0.481 e. The number of pyridine rings is 2. The van der Waals surface area contributed by atoms with Crippen LogP contribution in [0.3, 0.4) is 0 Å². The molecular weight excluding hydrogens is 316 g/mol. The maximum Gasteiger partial charge on any atom is 0.213 e. The van der Waals surface area contributed by atoms with E-state index in [9.17, 15) is 4.79 Å². The molecule has 1 N–H and O–H groups in total. The lowest BCUT2D eigenvalue weighted by atomic mass is 10.0. The van der Waals surface area contributed by atoms with Crippen LogP contribution in [0.2, 0.25) is 0 Å². The van der Waals surface area contributed by atoms with Gasteiger partial charge in [0, 0.05) is 35.7 Å². The fourth-order valence-corrected chi connectivity index (χ4v) is 2.65. The van der Waals surface area contributed by atoms with Crippen molar-refractivity contribution in [3.05, 3.63) is 71.1 Å². The standard InChI is InChI=1S/C19H14N4O2/c1-25-15-11-13(7-9-20-15)17-16(12-5-3-2-4-6-12)23-19-18(22-17)14(24)8-10-21-19/h2-11H,1H3,(H,21,23,24). The van der Waals surface area contributed by atoms with Crippen LogP contribution >= 0.6 is 0 Å². The fourth-order valence-electron chi connectivity index (χ4n) is 2.65. The molecular formula is C19H14N4O2. The number of methoxy groups -OCH3 is 1. The van der Waals surface area contributed by atoms with E-state index in [1.165, 1.54) is 6.07 Å². The Labute approximate surface area is 143 Å². The van der Waals surface area contributed by atoms with E-state index < -0.39 is 0 Å². The zero-order chi connectivity index (χ0) is 17.2. The average molecular weight is 330 g/mol. The Kier molecular flexibility index (Phi) is 3.70. The molecule has 4 aromatic rings. The highest BCUT2D eigenvalue weighted by atomic mass is 16.5. The lowest BCUT2D eigenvalue weighted by Gasteiger charge is -2.10. The van der Waals surface area contributed by atoms with Crippen LogP contribution in [0.5, 0.6) is 5.88 Å². The maximum atomic E-state index is 12.2. The molecule has 0 bridgehead atoms. The third-order valence-electron chi connectivity index (χ3n) is 3.85. The number of hydrogen-bond acceptors (Lipinski definition) is 5. The van der Waals surface area contributed by atoms with Gasteiger partial charge in [-0.3, -0.25) is 4.79 Å². The van der Waals surface area contributed by atoms with E-state index in [2.05, 4.69) is 19.9 Å². The molecule has 3 aromatic heterocycles. The quantitative estimate of drug-likeness (QED) is 0.624. The smallest absolute Gasteiger partial charge is 0.213 e. The van der Waals surface area contributed by atoms with Gasteiger partial charge in [-0.15, -0.1) is 0 Å². The summed E-state index contributed by atoms with van der Waals surface area (Å²) in [5.41, 5.74) is 3.56. The number of rotatable bonds is 3. The van der Waals surface area contributed by atoms with Crippen molar-refractivity contribution in [1.29, 1.82) is 0 Å². The van der Waals surface area contributed by atoms with Crippen LogP contribution in [-0.2, 0) is 0 Å². The zero-order valence-corrected chi connectivity index (χ0v) is 13.4. The van der Waals surface area contributed by atoms with Crippen molar-refractivity contribution < 1.29 is 4.74 Å². The van der Waals surface area contributed by atoms with Crippen LogP contribution < -0.4 is 10.2 Å². The fraction of sp³-hybridized carbons (Fsp3) is 0.0526. The minimum atomic E-state index is -0.178. The molecule has 0 aliphatic heterocycles. The van der Waals surface area contributed by atoms with Crippen molar-refractivity contribution in [3.8, 4) is 28.4 Å². The van der Waals surface area contributed by atoms with Gasteiger partial charge in [-0.1, -0.05) is 30.3 Å². The molecule has 6 nitrogen and oxygen atoms in total. The van der Waals surface area contributed by atoms with Gasteiger partial charge in [-0.05, 0) is 6.07 Å². The number of nitrogens with one attached hydrogen (secondary N) is 1. The van der Waals surface area contributed by atoms with Gasteiger partial charge < -0.3 is 9.72 Å². The first-order chi connectivity index (χ1) is 12.3. The third-order valence-corrected chi connectivity index (χ3v) is 3.85. The van der Waals surface area contributed by atoms with Gasteiger partial charge in [0.25, 0.3) is 0 Å². The zero-order valence-electron chi connectivity index (χ0n) is 13.4. The topological polar surface area (TPSA) is 80.8 Å². The Balaban J connectivity index is 2.06. The molecule has 6 heteroatoms. The van der Waals surface area contributed by atoms with E-state index in [4.69, 9.17) is 4.74 Å². The second-order valence-corrected chi connectivity index (χ2v) is 5.41. The Morgan fingerprint density at radius 3 is 2.56 bits per heavy atom. The molecule has 0 aliphatic rings. The first kappa shape index (κ1) is 15.0. The summed E-state index contributed by atoms with van der Waals surface area (Å²) in [5, 5.41) is 0. The minimum Gasteiger partial charge on any atom is -0.481 e. The predicted octanol–water partition coefficient (Wildman–Crippen LogP) is 3.06. The van der Waals surface area contributed by atoms with Crippen molar-refractivity contribution in [3.63, 3.8) is 0 Å². The minimum absolute atomic E-state index is 0.178. The van der Waals surface area contributed by atoms with Crippen molar-refractivity contribution in [2.75, 3.05) is 7.11 Å². The molecule has 0 atom stereocenters. The normalized spacial score (nSPS) is 10.8. The number of hydrogen-bond donors (Lipinski definition) is 1. The first-order valence-corrected chi connectivity index (χ1v) is 7.71. The van der Waals surface area contributed by atoms with Crippen LogP contribution in [0.4, 0.5) is 0 Å². The molecule has 0 spiro atoms. The highest BCUT2D eigenvalue weighted by Gasteiger charge is 2.15. The molecule has 122 valence electrons. The molecule has 0 saturated carbocycles. The summed E-state index contributed by atoms with van der Waals surface area (Å²) in [6, 6.07) is 14.8. The lowest BCUT2D eigenvalue weighted by Crippen LogP contribution is -2.06. The van der Waals surface area contributed by atoms with Gasteiger partial charge in [-0.25, -0.2) is 15.0 Å². The second kappa shape index (κ2) is 6.16. The third kappa shape index (κ3) is 2.74. The van der Waals surface area contributed by atoms with Gasteiger partial charge >= 0.3 is 0 Å². The van der Waals surface area contributed by atoms with E-state index >= 15 is 0 Å². The summed E-state index contributed by atoms with van der Waals surface area (Å²) in [5.74, 6) is 0.473. The molecule has 0 aliphatic carbocycles. The van der Waals surface area contributed by atoms with Gasteiger partial charge in [0.05, 0.1) is 18.5 Å². The number of ether oxygens (including phenoxy) is 1. The van der Waals surface area contributed by atoms with Gasteiger partial charge in [0.15, 0.2) is 11.2 Å². The average Bonchev–Trinajstić information content (AvgIpc) is 2.68. The van der Waals surface area contributed by atoms with E-state index in [0.717, 1.165) is 11.1 Å². The van der Waals surface area contributed by atoms with E-state index in [1.807, 2.05) is 36.4 Å². The molecule has 0 unspecified atom stereocenters.